The van der Waals surface area contributed by atoms with Crippen LogP contribution in [0.15, 0.2) is 22.7 Å². The molecule has 4 rings (SSSR count). The Morgan fingerprint density at radius 2 is 1.88 bits per heavy atom. The number of halogens is 2. The lowest BCUT2D eigenvalue weighted by molar-refractivity contribution is 0.0126. The van der Waals surface area contributed by atoms with E-state index in [0.29, 0.717) is 33.9 Å². The molecular weight excluding hydrogens is 377 g/mol. The summed E-state index contributed by atoms with van der Waals surface area (Å²) in [6.07, 6.45) is 3.31. The third-order valence-corrected chi connectivity index (χ3v) is 5.28. The maximum absolute atomic E-state index is 6.05. The van der Waals surface area contributed by atoms with Crippen molar-refractivity contribution in [2.75, 3.05) is 37.8 Å². The number of anilines is 1. The summed E-state index contributed by atoms with van der Waals surface area (Å²) >= 11 is 12.1. The second kappa shape index (κ2) is 8.13. The third kappa shape index (κ3) is 4.31. The van der Waals surface area contributed by atoms with Crippen molar-refractivity contribution < 1.29 is 14.0 Å². The van der Waals surface area contributed by atoms with Crippen molar-refractivity contribution in [1.29, 1.82) is 0 Å². The predicted octanol–water partition coefficient (Wildman–Crippen LogP) is 4.07. The molecule has 2 saturated heterocycles. The van der Waals surface area contributed by atoms with Gasteiger partial charge in [-0.25, -0.2) is 0 Å². The molecule has 2 aliphatic heterocycles. The molecule has 8 heteroatoms. The zero-order valence-corrected chi connectivity index (χ0v) is 15.9. The molecule has 26 heavy (non-hydrogen) atoms. The van der Waals surface area contributed by atoms with Crippen LogP contribution in [0.5, 0.6) is 0 Å². The summed E-state index contributed by atoms with van der Waals surface area (Å²) in [5, 5.41) is 5.15. The second-order valence-corrected chi connectivity index (χ2v) is 7.68. The molecule has 1 aromatic heterocycles. The summed E-state index contributed by atoms with van der Waals surface area (Å²) in [5.41, 5.74) is 0.745. The average molecular weight is 398 g/mol. The summed E-state index contributed by atoms with van der Waals surface area (Å²) in [5.74, 6) is 1.04. The molecule has 1 unspecified atom stereocenters. The summed E-state index contributed by atoms with van der Waals surface area (Å²) in [6.45, 7) is 4.17. The molecule has 0 bridgehead atoms. The highest BCUT2D eigenvalue weighted by molar-refractivity contribution is 6.35. The molecule has 6 nitrogen and oxygen atoms in total. The second-order valence-electron chi connectivity index (χ2n) is 6.81. The van der Waals surface area contributed by atoms with Crippen LogP contribution in [0.25, 0.3) is 11.4 Å². The van der Waals surface area contributed by atoms with Crippen LogP contribution in [0.4, 0.5) is 6.01 Å². The Hall–Kier alpha value is -1.34. The van der Waals surface area contributed by atoms with Crippen LogP contribution in [0.1, 0.15) is 19.3 Å². The highest BCUT2D eigenvalue weighted by Gasteiger charge is 2.25. The fraction of sp³-hybridized carbons (Fsp3) is 0.556. The molecule has 3 heterocycles. The number of nitrogens with zero attached hydrogens (tertiary/aromatic N) is 3. The Morgan fingerprint density at radius 3 is 2.58 bits per heavy atom. The van der Waals surface area contributed by atoms with Crippen molar-refractivity contribution >= 4 is 29.2 Å². The minimum atomic E-state index is 0.293. The van der Waals surface area contributed by atoms with E-state index in [1.165, 1.54) is 0 Å². The molecule has 0 amide bonds. The fourth-order valence-electron chi connectivity index (χ4n) is 3.34. The van der Waals surface area contributed by atoms with Crippen molar-refractivity contribution in [2.24, 2.45) is 5.92 Å². The quantitative estimate of drug-likeness (QED) is 0.757. The number of hydrogen-bond donors (Lipinski definition) is 0. The molecular formula is C18H21Cl2N3O3. The molecule has 0 spiro atoms. The molecule has 1 aromatic carbocycles. The van der Waals surface area contributed by atoms with Crippen molar-refractivity contribution in [3.63, 3.8) is 0 Å². The largest absolute Gasteiger partial charge is 0.381 e. The highest BCUT2D eigenvalue weighted by Crippen LogP contribution is 2.28. The number of rotatable bonds is 5. The van der Waals surface area contributed by atoms with Crippen molar-refractivity contribution in [2.45, 2.75) is 25.4 Å². The minimum Gasteiger partial charge on any atom is -0.381 e. The van der Waals surface area contributed by atoms with Crippen LogP contribution < -0.4 is 4.90 Å². The van der Waals surface area contributed by atoms with Gasteiger partial charge in [-0.05, 0) is 37.5 Å². The van der Waals surface area contributed by atoms with Gasteiger partial charge in [-0.2, -0.15) is 4.98 Å². The lowest BCUT2D eigenvalue weighted by Crippen LogP contribution is -2.37. The zero-order chi connectivity index (χ0) is 17.9. The van der Waals surface area contributed by atoms with E-state index < -0.39 is 0 Å². The SMILES string of the molecule is Clc1cc(Cl)cc(-c2noc(N3CCC(OCC4CCOC4)CC3)n2)c1. The van der Waals surface area contributed by atoms with E-state index in [1.54, 1.807) is 18.2 Å². The number of hydrogen-bond acceptors (Lipinski definition) is 6. The predicted molar refractivity (Wildman–Crippen MR) is 99.9 cm³/mol. The van der Waals surface area contributed by atoms with Gasteiger partial charge in [-0.15, -0.1) is 0 Å². The van der Waals surface area contributed by atoms with Gasteiger partial charge >= 0.3 is 6.01 Å². The normalized spacial score (nSPS) is 21.5. The molecule has 0 saturated carbocycles. The molecule has 2 fully saturated rings. The summed E-state index contributed by atoms with van der Waals surface area (Å²) < 4.78 is 16.9. The zero-order valence-electron chi connectivity index (χ0n) is 14.4. The molecule has 0 aliphatic carbocycles. The smallest absolute Gasteiger partial charge is 0.324 e. The van der Waals surface area contributed by atoms with E-state index in [4.69, 9.17) is 37.2 Å². The van der Waals surface area contributed by atoms with Gasteiger partial charge in [0.15, 0.2) is 0 Å². The van der Waals surface area contributed by atoms with Gasteiger partial charge in [-0.1, -0.05) is 28.4 Å². The first-order valence-corrected chi connectivity index (χ1v) is 9.67. The van der Waals surface area contributed by atoms with Crippen LogP contribution in [-0.2, 0) is 9.47 Å². The minimum absolute atomic E-state index is 0.293. The summed E-state index contributed by atoms with van der Waals surface area (Å²) in [7, 11) is 0. The standard InChI is InChI=1S/C18H21Cl2N3O3/c19-14-7-13(8-15(20)9-14)17-21-18(26-22-17)23-4-1-16(2-5-23)25-11-12-3-6-24-10-12/h7-9,12,16H,1-6,10-11H2. The van der Waals surface area contributed by atoms with E-state index in [9.17, 15) is 0 Å². The number of benzene rings is 1. The molecule has 0 N–H and O–H groups in total. The van der Waals surface area contributed by atoms with Gasteiger partial charge in [0, 0.05) is 41.2 Å². The highest BCUT2D eigenvalue weighted by atomic mass is 35.5. The Balaban J connectivity index is 1.32. The maximum atomic E-state index is 6.05. The molecule has 1 atom stereocenters. The topological polar surface area (TPSA) is 60.6 Å². The Morgan fingerprint density at radius 1 is 1.12 bits per heavy atom. The number of piperidine rings is 1. The first-order valence-electron chi connectivity index (χ1n) is 8.92. The molecule has 0 radical (unpaired) electrons. The van der Waals surface area contributed by atoms with E-state index in [-0.39, 0.29) is 0 Å². The monoisotopic (exact) mass is 397 g/mol. The van der Waals surface area contributed by atoms with Gasteiger partial charge in [0.1, 0.15) is 0 Å². The van der Waals surface area contributed by atoms with Crippen LogP contribution >= 0.6 is 23.2 Å². The van der Waals surface area contributed by atoms with E-state index in [1.807, 2.05) is 0 Å². The number of ether oxygens (including phenoxy) is 2. The van der Waals surface area contributed by atoms with Crippen LogP contribution in [0.2, 0.25) is 10.0 Å². The van der Waals surface area contributed by atoms with Crippen LogP contribution in [0, 0.1) is 5.92 Å². The summed E-state index contributed by atoms with van der Waals surface area (Å²) in [6, 6.07) is 5.75. The average Bonchev–Trinajstić information content (AvgIpc) is 3.32. The van der Waals surface area contributed by atoms with Gasteiger partial charge < -0.3 is 18.9 Å². The van der Waals surface area contributed by atoms with Crippen molar-refractivity contribution in [1.82, 2.24) is 10.1 Å². The van der Waals surface area contributed by atoms with E-state index >= 15 is 0 Å². The van der Waals surface area contributed by atoms with Gasteiger partial charge in [0.25, 0.3) is 0 Å². The van der Waals surface area contributed by atoms with Crippen molar-refractivity contribution in [3.05, 3.63) is 28.2 Å². The van der Waals surface area contributed by atoms with E-state index in [2.05, 4.69) is 15.0 Å². The Kier molecular flexibility index (Phi) is 5.64. The number of aromatic nitrogens is 2. The van der Waals surface area contributed by atoms with Gasteiger partial charge in [0.05, 0.1) is 19.3 Å². The summed E-state index contributed by atoms with van der Waals surface area (Å²) in [4.78, 5) is 6.59. The Labute approximate surface area is 162 Å². The van der Waals surface area contributed by atoms with Gasteiger partial charge in [-0.3, -0.25) is 0 Å². The van der Waals surface area contributed by atoms with Crippen LogP contribution in [-0.4, -0.2) is 49.2 Å². The van der Waals surface area contributed by atoms with Gasteiger partial charge in [0.2, 0.25) is 5.82 Å². The molecule has 2 aromatic rings. The fourth-order valence-corrected chi connectivity index (χ4v) is 3.87. The lowest BCUT2D eigenvalue weighted by atomic mass is 10.1. The van der Waals surface area contributed by atoms with E-state index in [0.717, 1.165) is 57.7 Å². The Bertz CT molecular complexity index is 721. The lowest BCUT2D eigenvalue weighted by Gasteiger charge is -2.30. The third-order valence-electron chi connectivity index (χ3n) is 4.84. The van der Waals surface area contributed by atoms with Crippen molar-refractivity contribution in [3.8, 4) is 11.4 Å². The first kappa shape index (κ1) is 18.0. The first-order chi connectivity index (χ1) is 12.7. The molecule has 140 valence electrons. The maximum Gasteiger partial charge on any atom is 0.324 e. The molecule has 2 aliphatic rings. The van der Waals surface area contributed by atoms with Crippen LogP contribution in [0.3, 0.4) is 0 Å².